The van der Waals surface area contributed by atoms with Gasteiger partial charge >= 0.3 is 0 Å². The molecule has 8 rings (SSSR count). The number of aromatic nitrogens is 6. The molecule has 362 valence electrons. The molecule has 0 amide bonds. The van der Waals surface area contributed by atoms with E-state index in [1.54, 1.807) is 47.5 Å². The first-order valence-corrected chi connectivity index (χ1v) is 27.1. The van der Waals surface area contributed by atoms with Crippen LogP contribution in [0.1, 0.15) is 154 Å². The molecule has 0 aliphatic carbocycles. The second-order valence-corrected chi connectivity index (χ2v) is 19.8. The lowest BCUT2D eigenvalue weighted by atomic mass is 9.98. The lowest BCUT2D eigenvalue weighted by Gasteiger charge is -2.05. The molecule has 0 aliphatic rings. The SMILES string of the molecule is C#Cc1ccc(-c2ccc(C#Cc3sc(C#Cc4ccc(-c5ccc(C#Cc6sc(C#Cc7ccc(-c8ccc(C#C)cn8)nc7)c(CCCC)c6CCCC)cn5)nc4)c(CCCC)c3CCCC)cn2)nc1. The number of hydrogen-bond acceptors (Lipinski definition) is 8. The largest absolute Gasteiger partial charge is 0.253 e. The van der Waals surface area contributed by atoms with Crippen LogP contribution in [0, 0.1) is 72.1 Å². The van der Waals surface area contributed by atoms with Gasteiger partial charge in [-0.15, -0.1) is 35.5 Å². The Kier molecular flexibility index (Phi) is 18.5. The monoisotopic (exact) mass is 996 g/mol. The highest BCUT2D eigenvalue weighted by Crippen LogP contribution is 2.33. The lowest BCUT2D eigenvalue weighted by molar-refractivity contribution is 0.760. The third kappa shape index (κ3) is 13.6. The van der Waals surface area contributed by atoms with Crippen molar-refractivity contribution >= 4 is 22.7 Å². The summed E-state index contributed by atoms with van der Waals surface area (Å²) in [6.07, 6.45) is 34.4. The van der Waals surface area contributed by atoms with E-state index < -0.39 is 0 Å². The normalized spacial score (nSPS) is 10.4. The van der Waals surface area contributed by atoms with E-state index in [1.807, 2.05) is 85.2 Å². The van der Waals surface area contributed by atoms with Gasteiger partial charge in [0, 0.05) is 70.6 Å². The predicted molar refractivity (Wildman–Crippen MR) is 305 cm³/mol. The number of terminal acetylenes is 2. The predicted octanol–water partition coefficient (Wildman–Crippen LogP) is 14.1. The average molecular weight is 997 g/mol. The van der Waals surface area contributed by atoms with Gasteiger partial charge in [-0.05, 0) is 146 Å². The Morgan fingerprint density at radius 2 is 0.527 bits per heavy atom. The van der Waals surface area contributed by atoms with Gasteiger partial charge in [-0.3, -0.25) is 29.9 Å². The number of thiophene rings is 2. The number of hydrogen-bond donors (Lipinski definition) is 0. The number of pyridine rings is 6. The van der Waals surface area contributed by atoms with Crippen LogP contribution in [0.4, 0.5) is 0 Å². The van der Waals surface area contributed by atoms with Gasteiger partial charge in [-0.1, -0.05) is 113 Å². The van der Waals surface area contributed by atoms with Crippen LogP contribution in [0.3, 0.4) is 0 Å². The lowest BCUT2D eigenvalue weighted by Crippen LogP contribution is -1.95. The molecule has 0 aliphatic heterocycles. The Morgan fingerprint density at radius 1 is 0.311 bits per heavy atom. The molecule has 0 atom stereocenters. The number of rotatable bonds is 15. The minimum Gasteiger partial charge on any atom is -0.253 e. The van der Waals surface area contributed by atoms with Crippen molar-refractivity contribution in [3.63, 3.8) is 0 Å². The van der Waals surface area contributed by atoms with Crippen molar-refractivity contribution in [3.8, 4) is 106 Å². The fraction of sp³-hybridized carbons (Fsp3) is 0.242. The Morgan fingerprint density at radius 3 is 0.703 bits per heavy atom. The van der Waals surface area contributed by atoms with E-state index in [9.17, 15) is 0 Å². The minimum atomic E-state index is 0.739. The maximum atomic E-state index is 5.51. The molecule has 0 aromatic carbocycles. The first-order chi connectivity index (χ1) is 36.4. The highest BCUT2D eigenvalue weighted by molar-refractivity contribution is 7.13. The average Bonchev–Trinajstić information content (AvgIpc) is 3.97. The zero-order valence-corrected chi connectivity index (χ0v) is 44.2. The van der Waals surface area contributed by atoms with E-state index in [4.69, 9.17) is 22.8 Å². The van der Waals surface area contributed by atoms with Crippen molar-refractivity contribution in [2.75, 3.05) is 0 Å². The van der Waals surface area contributed by atoms with Crippen LogP contribution >= 0.6 is 22.7 Å². The maximum Gasteiger partial charge on any atom is 0.0887 e. The van der Waals surface area contributed by atoms with Crippen LogP contribution in [-0.2, 0) is 25.7 Å². The second-order valence-electron chi connectivity index (χ2n) is 17.7. The topological polar surface area (TPSA) is 77.3 Å². The standard InChI is InChI=1S/C66H56N6S2/c1-7-13-17-53-55(19-15-9-3)65(73-63(53)37-27-49-23-33-59(69-43-49)57-31-21-47(11-5)41-67-57)39-29-51-25-35-61(71-45-51)62-36-26-52(46-72-62)30-40-66-56(20-16-10-4)54(18-14-8-2)64(74-66)38-28-50-24-34-60(70-44-50)58-32-22-48(12-6)42-68-58/h5-6,21-26,31-36,41-46H,7-10,13-20H2,1-4H3. The number of unbranched alkanes of at least 4 members (excludes halogenated alkanes) is 4. The van der Waals surface area contributed by atoms with Crippen molar-refractivity contribution in [1.29, 1.82) is 0 Å². The minimum absolute atomic E-state index is 0.739. The zero-order valence-electron chi connectivity index (χ0n) is 42.5. The summed E-state index contributed by atoms with van der Waals surface area (Å²) in [4.78, 5) is 32.1. The Bertz CT molecular complexity index is 3300. The molecule has 0 saturated carbocycles. The molecule has 0 N–H and O–H groups in total. The van der Waals surface area contributed by atoms with Gasteiger partial charge in [0.15, 0.2) is 0 Å². The Labute approximate surface area is 446 Å². The summed E-state index contributed by atoms with van der Waals surface area (Å²) >= 11 is 3.39. The summed E-state index contributed by atoms with van der Waals surface area (Å²) < 4.78 is 0. The van der Waals surface area contributed by atoms with Crippen LogP contribution in [0.2, 0.25) is 0 Å². The summed E-state index contributed by atoms with van der Waals surface area (Å²) in [5.41, 5.74) is 14.8. The van der Waals surface area contributed by atoms with Gasteiger partial charge in [0.05, 0.1) is 53.7 Å². The third-order valence-corrected chi connectivity index (χ3v) is 14.5. The Hall–Kier alpha value is -8.34. The van der Waals surface area contributed by atoms with Gasteiger partial charge < -0.3 is 0 Å². The summed E-state index contributed by atoms with van der Waals surface area (Å²) in [6, 6.07) is 23.4. The summed E-state index contributed by atoms with van der Waals surface area (Å²) in [5, 5.41) is 0. The molecule has 6 nitrogen and oxygen atoms in total. The van der Waals surface area contributed by atoms with Crippen molar-refractivity contribution in [2.24, 2.45) is 0 Å². The van der Waals surface area contributed by atoms with E-state index in [1.165, 1.54) is 22.3 Å². The van der Waals surface area contributed by atoms with Gasteiger partial charge in [0.1, 0.15) is 0 Å². The molecule has 8 aromatic heterocycles. The van der Waals surface area contributed by atoms with E-state index in [0.717, 1.165) is 164 Å². The maximum absolute atomic E-state index is 5.51. The van der Waals surface area contributed by atoms with Crippen LogP contribution in [-0.4, -0.2) is 29.9 Å². The van der Waals surface area contributed by atoms with Crippen molar-refractivity contribution < 1.29 is 0 Å². The summed E-state index contributed by atoms with van der Waals surface area (Å²) in [6.45, 7) is 8.93. The van der Waals surface area contributed by atoms with Crippen LogP contribution < -0.4 is 0 Å². The van der Waals surface area contributed by atoms with E-state index in [0.29, 0.717) is 0 Å². The molecular weight excluding hydrogens is 941 g/mol. The number of nitrogens with zero attached hydrogens (tertiary/aromatic N) is 6. The molecule has 8 heterocycles. The fourth-order valence-electron chi connectivity index (χ4n) is 8.13. The molecule has 8 heteroatoms. The van der Waals surface area contributed by atoms with Crippen molar-refractivity contribution in [3.05, 3.63) is 185 Å². The molecule has 74 heavy (non-hydrogen) atoms. The van der Waals surface area contributed by atoms with E-state index >= 15 is 0 Å². The zero-order chi connectivity index (χ0) is 51.5. The van der Waals surface area contributed by atoms with E-state index in [-0.39, 0.29) is 0 Å². The molecular formula is C66H56N6S2. The van der Waals surface area contributed by atoms with Gasteiger partial charge in [-0.25, -0.2) is 0 Å². The van der Waals surface area contributed by atoms with Gasteiger partial charge in [0.25, 0.3) is 0 Å². The molecule has 0 fully saturated rings. The molecule has 0 saturated heterocycles. The smallest absolute Gasteiger partial charge is 0.0887 e. The summed E-state index contributed by atoms with van der Waals surface area (Å²) in [5.74, 6) is 32.9. The third-order valence-electron chi connectivity index (χ3n) is 12.3. The second kappa shape index (κ2) is 26.4. The van der Waals surface area contributed by atoms with Gasteiger partial charge in [-0.2, -0.15) is 0 Å². The molecule has 0 radical (unpaired) electrons. The fourth-order valence-corrected chi connectivity index (χ4v) is 10.3. The van der Waals surface area contributed by atoms with Crippen LogP contribution in [0.5, 0.6) is 0 Å². The highest BCUT2D eigenvalue weighted by atomic mass is 32.1. The molecule has 8 aromatic rings. The quantitative estimate of drug-likeness (QED) is 0.0953. The first-order valence-electron chi connectivity index (χ1n) is 25.5. The highest BCUT2D eigenvalue weighted by Gasteiger charge is 2.18. The van der Waals surface area contributed by atoms with Crippen molar-refractivity contribution in [1.82, 2.24) is 29.9 Å². The van der Waals surface area contributed by atoms with Crippen LogP contribution in [0.15, 0.2) is 110 Å². The molecule has 0 spiro atoms. The van der Waals surface area contributed by atoms with E-state index in [2.05, 4.69) is 107 Å². The summed E-state index contributed by atoms with van der Waals surface area (Å²) in [7, 11) is 0. The molecule has 0 unspecified atom stereocenters. The Balaban J connectivity index is 0.988. The van der Waals surface area contributed by atoms with Crippen molar-refractivity contribution in [2.45, 2.75) is 105 Å². The first kappa shape index (κ1) is 52.0. The molecule has 0 bridgehead atoms. The van der Waals surface area contributed by atoms with Gasteiger partial charge in [0.2, 0.25) is 0 Å². The van der Waals surface area contributed by atoms with Crippen LogP contribution in [0.25, 0.3) is 34.2 Å².